The lowest BCUT2D eigenvalue weighted by atomic mass is 10.2. The van der Waals surface area contributed by atoms with Crippen LogP contribution in [0.4, 0.5) is 5.69 Å². The van der Waals surface area contributed by atoms with Gasteiger partial charge in [0.05, 0.1) is 10.6 Å². The Morgan fingerprint density at radius 3 is 2.78 bits per heavy atom. The molecule has 0 unspecified atom stereocenters. The van der Waals surface area contributed by atoms with Crippen LogP contribution < -0.4 is 10.9 Å². The number of nitrogens with one attached hydrogen (secondary N) is 1. The molecule has 1 aromatic carbocycles. The van der Waals surface area contributed by atoms with Gasteiger partial charge in [0.15, 0.2) is 5.16 Å². The van der Waals surface area contributed by atoms with Crippen LogP contribution in [-0.2, 0) is 24.7 Å². The predicted octanol–water partition coefficient (Wildman–Crippen LogP) is 3.91. The highest BCUT2D eigenvalue weighted by Gasteiger charge is 2.24. The van der Waals surface area contributed by atoms with Gasteiger partial charge in [-0.05, 0) is 50.8 Å². The molecular formula is C20H21N3O2S2. The van der Waals surface area contributed by atoms with E-state index in [-0.39, 0.29) is 16.7 Å². The van der Waals surface area contributed by atoms with Crippen molar-refractivity contribution in [2.45, 2.75) is 43.5 Å². The summed E-state index contributed by atoms with van der Waals surface area (Å²) >= 11 is 2.94. The molecule has 1 aliphatic carbocycles. The fourth-order valence-electron chi connectivity index (χ4n) is 3.30. The first-order chi connectivity index (χ1) is 12.9. The van der Waals surface area contributed by atoms with Gasteiger partial charge in [-0.15, -0.1) is 11.3 Å². The van der Waals surface area contributed by atoms with E-state index in [1.54, 1.807) is 23.0 Å². The SMILES string of the molecule is Cc1ccc(NC(=O)[C@@H](C)Sc2nc3sc4c(c3c(=O)n2C)CCC4)cc1. The zero-order chi connectivity index (χ0) is 19.1. The molecule has 0 aliphatic heterocycles. The van der Waals surface area contributed by atoms with Gasteiger partial charge in [-0.3, -0.25) is 14.2 Å². The zero-order valence-electron chi connectivity index (χ0n) is 15.5. The lowest BCUT2D eigenvalue weighted by Gasteiger charge is -2.13. The van der Waals surface area contributed by atoms with E-state index >= 15 is 0 Å². The number of benzene rings is 1. The number of nitrogens with zero attached hydrogens (tertiary/aromatic N) is 2. The van der Waals surface area contributed by atoms with E-state index in [2.05, 4.69) is 5.32 Å². The molecule has 3 aromatic rings. The Kier molecular flexibility index (Phi) is 4.82. The average molecular weight is 400 g/mol. The maximum Gasteiger partial charge on any atom is 0.262 e. The summed E-state index contributed by atoms with van der Waals surface area (Å²) in [5.41, 5.74) is 3.09. The highest BCUT2D eigenvalue weighted by Crippen LogP contribution is 2.35. The van der Waals surface area contributed by atoms with Crippen molar-refractivity contribution < 1.29 is 4.79 Å². The molecule has 0 bridgehead atoms. The molecule has 0 saturated carbocycles. The van der Waals surface area contributed by atoms with Gasteiger partial charge in [-0.2, -0.15) is 0 Å². The molecule has 1 amide bonds. The molecular weight excluding hydrogens is 378 g/mol. The Hall–Kier alpha value is -2.12. The standard InChI is InChI=1S/C20H21N3O2S2/c1-11-7-9-13(10-8-11)21-17(24)12(2)26-20-22-18-16(19(25)23(20)3)14-5-4-6-15(14)27-18/h7-10,12H,4-6H2,1-3H3,(H,21,24)/t12-/m1/s1. The molecule has 0 radical (unpaired) electrons. The number of hydrogen-bond donors (Lipinski definition) is 1. The highest BCUT2D eigenvalue weighted by molar-refractivity contribution is 8.00. The molecule has 140 valence electrons. The number of hydrogen-bond acceptors (Lipinski definition) is 5. The first-order valence-corrected chi connectivity index (χ1v) is 10.7. The lowest BCUT2D eigenvalue weighted by molar-refractivity contribution is -0.115. The number of carbonyl (C=O) groups is 1. The van der Waals surface area contributed by atoms with E-state index in [1.165, 1.54) is 22.2 Å². The van der Waals surface area contributed by atoms with Crippen molar-refractivity contribution in [1.29, 1.82) is 0 Å². The Balaban J connectivity index is 1.57. The number of amides is 1. The molecule has 0 saturated heterocycles. The van der Waals surface area contributed by atoms with E-state index in [1.807, 2.05) is 38.1 Å². The first-order valence-electron chi connectivity index (χ1n) is 8.99. The van der Waals surface area contributed by atoms with E-state index in [0.29, 0.717) is 5.16 Å². The Bertz CT molecular complexity index is 1080. The number of thioether (sulfide) groups is 1. The molecule has 1 aliphatic rings. The maximum atomic E-state index is 12.9. The van der Waals surface area contributed by atoms with Crippen LogP contribution in [0.25, 0.3) is 10.2 Å². The van der Waals surface area contributed by atoms with Crippen molar-refractivity contribution in [3.05, 3.63) is 50.6 Å². The number of fused-ring (bicyclic) bond motifs is 3. The fourth-order valence-corrected chi connectivity index (χ4v) is 5.48. The van der Waals surface area contributed by atoms with Crippen molar-refractivity contribution >= 4 is 44.9 Å². The van der Waals surface area contributed by atoms with Crippen LogP contribution >= 0.6 is 23.1 Å². The number of thiophene rings is 1. The lowest BCUT2D eigenvalue weighted by Crippen LogP contribution is -2.25. The summed E-state index contributed by atoms with van der Waals surface area (Å²) < 4.78 is 1.58. The number of carbonyl (C=O) groups excluding carboxylic acids is 1. The van der Waals surface area contributed by atoms with Gasteiger partial charge in [-0.1, -0.05) is 29.5 Å². The molecule has 4 rings (SSSR count). The van der Waals surface area contributed by atoms with E-state index < -0.39 is 0 Å². The van der Waals surface area contributed by atoms with Gasteiger partial charge >= 0.3 is 0 Å². The van der Waals surface area contributed by atoms with Crippen molar-refractivity contribution in [3.8, 4) is 0 Å². The zero-order valence-corrected chi connectivity index (χ0v) is 17.2. The van der Waals surface area contributed by atoms with Crippen molar-refractivity contribution in [2.24, 2.45) is 7.05 Å². The number of aromatic nitrogens is 2. The Labute approximate surface area is 165 Å². The molecule has 2 heterocycles. The topological polar surface area (TPSA) is 64.0 Å². The van der Waals surface area contributed by atoms with Gasteiger partial charge in [0.1, 0.15) is 4.83 Å². The van der Waals surface area contributed by atoms with Crippen LogP contribution in [0.15, 0.2) is 34.2 Å². The van der Waals surface area contributed by atoms with Crippen molar-refractivity contribution in [3.63, 3.8) is 0 Å². The van der Waals surface area contributed by atoms with Crippen LogP contribution in [0.3, 0.4) is 0 Å². The minimum atomic E-state index is -0.367. The molecule has 1 atom stereocenters. The third-order valence-corrected chi connectivity index (χ3v) is 7.21. The smallest absolute Gasteiger partial charge is 0.262 e. The molecule has 5 nitrogen and oxygen atoms in total. The molecule has 0 fully saturated rings. The average Bonchev–Trinajstić information content (AvgIpc) is 3.22. The summed E-state index contributed by atoms with van der Waals surface area (Å²) in [6.07, 6.45) is 3.12. The predicted molar refractivity (Wildman–Crippen MR) is 112 cm³/mol. The first kappa shape index (κ1) is 18.3. The minimum absolute atomic E-state index is 0.00644. The van der Waals surface area contributed by atoms with Gasteiger partial charge in [-0.25, -0.2) is 4.98 Å². The van der Waals surface area contributed by atoms with Crippen LogP contribution in [0, 0.1) is 6.92 Å². The number of anilines is 1. The summed E-state index contributed by atoms with van der Waals surface area (Å²) in [6, 6.07) is 7.70. The van der Waals surface area contributed by atoms with Crippen molar-refractivity contribution in [2.75, 3.05) is 5.32 Å². The summed E-state index contributed by atoms with van der Waals surface area (Å²) in [5, 5.41) is 3.91. The second-order valence-electron chi connectivity index (χ2n) is 6.91. The maximum absolute atomic E-state index is 12.9. The van der Waals surface area contributed by atoms with Crippen LogP contribution in [0.2, 0.25) is 0 Å². The van der Waals surface area contributed by atoms with Crippen LogP contribution in [0.1, 0.15) is 29.3 Å². The quantitative estimate of drug-likeness (QED) is 0.534. The van der Waals surface area contributed by atoms with Crippen molar-refractivity contribution in [1.82, 2.24) is 9.55 Å². The fraction of sp³-hybridized carbons (Fsp3) is 0.350. The van der Waals surface area contributed by atoms with Gasteiger partial charge in [0, 0.05) is 17.6 Å². The molecule has 0 spiro atoms. The Morgan fingerprint density at radius 1 is 1.30 bits per heavy atom. The monoisotopic (exact) mass is 399 g/mol. The molecule has 2 aromatic heterocycles. The molecule has 7 heteroatoms. The number of rotatable bonds is 4. The third kappa shape index (κ3) is 3.41. The summed E-state index contributed by atoms with van der Waals surface area (Å²) in [5.74, 6) is -0.105. The largest absolute Gasteiger partial charge is 0.325 e. The molecule has 1 N–H and O–H groups in total. The van der Waals surface area contributed by atoms with E-state index in [9.17, 15) is 9.59 Å². The van der Waals surface area contributed by atoms with Crippen LogP contribution in [-0.4, -0.2) is 20.7 Å². The second kappa shape index (κ2) is 7.13. The third-order valence-electron chi connectivity index (χ3n) is 4.88. The molecule has 27 heavy (non-hydrogen) atoms. The normalized spacial score (nSPS) is 14.3. The summed E-state index contributed by atoms with van der Waals surface area (Å²) in [6.45, 7) is 3.84. The van der Waals surface area contributed by atoms with Gasteiger partial charge in [0.2, 0.25) is 5.91 Å². The van der Waals surface area contributed by atoms with E-state index in [0.717, 1.165) is 40.7 Å². The van der Waals surface area contributed by atoms with Crippen LogP contribution in [0.5, 0.6) is 0 Å². The van der Waals surface area contributed by atoms with Gasteiger partial charge < -0.3 is 5.32 Å². The second-order valence-corrected chi connectivity index (χ2v) is 9.30. The number of aryl methyl sites for hydroxylation is 3. The minimum Gasteiger partial charge on any atom is -0.325 e. The van der Waals surface area contributed by atoms with E-state index in [4.69, 9.17) is 4.98 Å². The van der Waals surface area contributed by atoms with Gasteiger partial charge in [0.25, 0.3) is 5.56 Å². The summed E-state index contributed by atoms with van der Waals surface area (Å²) in [4.78, 5) is 32.2. The Morgan fingerprint density at radius 2 is 2.04 bits per heavy atom. The highest BCUT2D eigenvalue weighted by atomic mass is 32.2. The summed E-state index contributed by atoms with van der Waals surface area (Å²) in [7, 11) is 1.74.